The molecule has 0 radical (unpaired) electrons. The maximum atomic E-state index is 13.6. The number of nitrogens with zero attached hydrogens (tertiary/aromatic N) is 2. The van der Waals surface area contributed by atoms with Gasteiger partial charge in [0.2, 0.25) is 23.6 Å². The van der Waals surface area contributed by atoms with E-state index < -0.39 is 47.3 Å². The summed E-state index contributed by atoms with van der Waals surface area (Å²) in [6, 6.07) is 12.9. The van der Waals surface area contributed by atoms with Crippen molar-refractivity contribution in [3.05, 3.63) is 82.6 Å². The van der Waals surface area contributed by atoms with Crippen LogP contribution in [0, 0.1) is 0 Å². The maximum absolute atomic E-state index is 13.6. The Morgan fingerprint density at radius 3 is 2.39 bits per heavy atom. The average Bonchev–Trinajstić information content (AvgIpc) is 3.73. The highest BCUT2D eigenvalue weighted by Gasteiger charge is 2.51. The Bertz CT molecular complexity index is 1610. The molecule has 13 nitrogen and oxygen atoms in total. The summed E-state index contributed by atoms with van der Waals surface area (Å²) in [5.74, 6) is -2.21. The Morgan fingerprint density at radius 2 is 1.74 bits per heavy atom. The fourth-order valence-corrected chi connectivity index (χ4v) is 5.37. The largest absolute Gasteiger partial charge is 0.492 e. The molecule has 1 spiro atoms. The van der Waals surface area contributed by atoms with E-state index in [0.717, 1.165) is 5.56 Å². The summed E-state index contributed by atoms with van der Waals surface area (Å²) in [5.41, 5.74) is 0.381. The zero-order valence-corrected chi connectivity index (χ0v) is 26.2. The highest BCUT2D eigenvalue weighted by Crippen LogP contribution is 2.35. The van der Waals surface area contributed by atoms with Crippen molar-refractivity contribution >= 4 is 41.1 Å². The fraction of sp³-hybridized carbons (Fsp3) is 0.375. The second-order valence-electron chi connectivity index (χ2n) is 11.5. The van der Waals surface area contributed by atoms with Crippen LogP contribution in [-0.2, 0) is 39.1 Å². The van der Waals surface area contributed by atoms with Gasteiger partial charge in [0.15, 0.2) is 5.69 Å². The lowest BCUT2D eigenvalue weighted by Crippen LogP contribution is -2.59. The number of fused-ring (bicyclic) bond motifs is 15. The van der Waals surface area contributed by atoms with Gasteiger partial charge in [0.1, 0.15) is 36.0 Å². The van der Waals surface area contributed by atoms with E-state index in [9.17, 15) is 24.0 Å². The molecule has 3 heterocycles. The van der Waals surface area contributed by atoms with Crippen molar-refractivity contribution in [3.8, 4) is 5.75 Å². The monoisotopic (exact) mass is 649 g/mol. The lowest BCUT2D eigenvalue weighted by atomic mass is 10.0. The molecular formula is C32H36ClN7O6. The molecule has 3 aliphatic rings. The van der Waals surface area contributed by atoms with Crippen LogP contribution in [0.4, 0.5) is 0 Å². The Hall–Kier alpha value is -4.91. The smallest absolute Gasteiger partial charge is 0.274 e. The first-order valence-electron chi connectivity index (χ1n) is 15.0. The Balaban J connectivity index is 1.39. The molecule has 3 atom stereocenters. The van der Waals surface area contributed by atoms with Gasteiger partial charge in [-0.25, -0.2) is 0 Å². The van der Waals surface area contributed by atoms with Crippen LogP contribution >= 0.6 is 11.6 Å². The molecule has 2 bridgehead atoms. The van der Waals surface area contributed by atoms with E-state index in [1.807, 2.05) is 30.3 Å². The van der Waals surface area contributed by atoms with Crippen LogP contribution in [0.25, 0.3) is 0 Å². The quantitative estimate of drug-likeness (QED) is 0.260. The molecule has 5 amide bonds. The Labute approximate surface area is 270 Å². The summed E-state index contributed by atoms with van der Waals surface area (Å²) in [6.07, 6.45) is 2.62. The van der Waals surface area contributed by atoms with Gasteiger partial charge in [0.05, 0.1) is 11.6 Å². The van der Waals surface area contributed by atoms with Gasteiger partial charge < -0.3 is 31.3 Å². The van der Waals surface area contributed by atoms with E-state index in [2.05, 4.69) is 31.7 Å². The minimum atomic E-state index is -1.11. The zero-order chi connectivity index (χ0) is 32.8. The van der Waals surface area contributed by atoms with E-state index in [1.165, 1.54) is 17.8 Å². The molecule has 14 heteroatoms. The molecule has 5 N–H and O–H groups in total. The number of amides is 5. The number of hydrogen-bond donors (Lipinski definition) is 5. The van der Waals surface area contributed by atoms with Crippen LogP contribution in [0.3, 0.4) is 0 Å². The minimum Gasteiger partial charge on any atom is -0.492 e. The molecule has 1 aromatic heterocycles. The number of carbonyl (C=O) groups excluding carboxylic acids is 5. The highest BCUT2D eigenvalue weighted by atomic mass is 35.5. The first-order chi connectivity index (χ1) is 22.0. The highest BCUT2D eigenvalue weighted by molar-refractivity contribution is 6.33. The van der Waals surface area contributed by atoms with Crippen LogP contribution in [0.15, 0.2) is 60.8 Å². The normalized spacial score (nSPS) is 22.1. The number of nitrogens with one attached hydrogen (secondary N) is 5. The predicted octanol–water partition coefficient (Wildman–Crippen LogP) is 0.804. The van der Waals surface area contributed by atoms with Crippen molar-refractivity contribution < 1.29 is 28.7 Å². The fourth-order valence-electron chi connectivity index (χ4n) is 5.10. The lowest BCUT2D eigenvalue weighted by Gasteiger charge is -2.25. The van der Waals surface area contributed by atoms with Crippen LogP contribution in [0.2, 0.25) is 5.02 Å². The van der Waals surface area contributed by atoms with Gasteiger partial charge in [-0.1, -0.05) is 54.1 Å². The SMILES string of the molecule is C[C@@H]1NC(=O)[C@@H](NC(=O)c2nn(C)cc2Cl)Cc2ccc(cc2)OCCNC(=O)C2(CC2)NC(=O)[C@@H](Cc2ccccc2)NC1=O. The number of carbonyl (C=O) groups is 5. The van der Waals surface area contributed by atoms with Crippen molar-refractivity contribution in [3.63, 3.8) is 0 Å². The molecule has 1 saturated carbocycles. The van der Waals surface area contributed by atoms with Crippen LogP contribution in [0.5, 0.6) is 5.75 Å². The van der Waals surface area contributed by atoms with Crippen LogP contribution in [-0.4, -0.2) is 76.1 Å². The number of benzene rings is 2. The number of halogens is 1. The third kappa shape index (κ3) is 8.02. The molecule has 0 unspecified atom stereocenters. The minimum absolute atomic E-state index is 0.0479. The van der Waals surface area contributed by atoms with Gasteiger partial charge in [0.25, 0.3) is 5.91 Å². The molecule has 2 aliphatic heterocycles. The van der Waals surface area contributed by atoms with Gasteiger partial charge in [-0.15, -0.1) is 0 Å². The molecule has 1 fully saturated rings. The van der Waals surface area contributed by atoms with Crippen molar-refractivity contribution in [2.24, 2.45) is 7.05 Å². The van der Waals surface area contributed by atoms with Gasteiger partial charge in [0, 0.05) is 26.1 Å². The third-order valence-corrected chi connectivity index (χ3v) is 8.13. The summed E-state index contributed by atoms with van der Waals surface area (Å²) < 4.78 is 7.15. The standard InChI is InChI=1S/C32H36ClN7O6/c1-19-27(41)36-25(16-20-6-4-3-5-7-20)29(43)38-32(12-13-32)31(45)34-14-15-46-22-10-8-21(9-11-22)17-24(28(42)35-19)37-30(44)26-23(33)18-40(2)39-26/h3-11,18-19,24-25H,12-17H2,1-2H3,(H,34,45)(H,35,42)(H,36,41)(H,37,44)(H,38,43)/t19-,24-,25+/m0/s1. The Kier molecular flexibility index (Phi) is 9.90. The summed E-state index contributed by atoms with van der Waals surface area (Å²) >= 11 is 6.17. The molecule has 242 valence electrons. The number of aryl methyl sites for hydroxylation is 1. The van der Waals surface area contributed by atoms with E-state index in [4.69, 9.17) is 16.3 Å². The first kappa shape index (κ1) is 32.5. The maximum Gasteiger partial charge on any atom is 0.274 e. The molecule has 0 saturated heterocycles. The predicted molar refractivity (Wildman–Crippen MR) is 168 cm³/mol. The zero-order valence-electron chi connectivity index (χ0n) is 25.5. The van der Waals surface area contributed by atoms with Gasteiger partial charge in [-0.2, -0.15) is 5.10 Å². The molecule has 6 rings (SSSR count). The Morgan fingerprint density at radius 1 is 1.02 bits per heavy atom. The van der Waals surface area contributed by atoms with Gasteiger partial charge in [-0.05, 0) is 43.0 Å². The second kappa shape index (κ2) is 14.0. The summed E-state index contributed by atoms with van der Waals surface area (Å²) in [7, 11) is 1.61. The van der Waals surface area contributed by atoms with Crippen LogP contribution in [0.1, 0.15) is 41.4 Å². The summed E-state index contributed by atoms with van der Waals surface area (Å²) in [6.45, 7) is 1.88. The van der Waals surface area contributed by atoms with Crippen molar-refractivity contribution in [2.45, 2.75) is 56.3 Å². The van der Waals surface area contributed by atoms with E-state index in [-0.39, 0.29) is 42.6 Å². The lowest BCUT2D eigenvalue weighted by molar-refractivity contribution is -0.134. The summed E-state index contributed by atoms with van der Waals surface area (Å²) in [5, 5.41) is 18.0. The van der Waals surface area contributed by atoms with Crippen LogP contribution < -0.4 is 31.3 Å². The molecule has 2 aromatic carbocycles. The van der Waals surface area contributed by atoms with Crippen molar-refractivity contribution in [1.29, 1.82) is 0 Å². The first-order valence-corrected chi connectivity index (χ1v) is 15.4. The number of hydrogen-bond acceptors (Lipinski definition) is 7. The topological polar surface area (TPSA) is 173 Å². The molecule has 3 aromatic rings. The van der Waals surface area contributed by atoms with Gasteiger partial charge >= 0.3 is 0 Å². The summed E-state index contributed by atoms with van der Waals surface area (Å²) in [4.78, 5) is 66.6. The van der Waals surface area contributed by atoms with Gasteiger partial charge in [-0.3, -0.25) is 28.7 Å². The van der Waals surface area contributed by atoms with Crippen molar-refractivity contribution in [1.82, 2.24) is 36.4 Å². The van der Waals surface area contributed by atoms with E-state index >= 15 is 0 Å². The van der Waals surface area contributed by atoms with E-state index in [0.29, 0.717) is 24.2 Å². The number of rotatable bonds is 4. The second-order valence-corrected chi connectivity index (χ2v) is 11.9. The molecular weight excluding hydrogens is 614 g/mol. The van der Waals surface area contributed by atoms with E-state index in [1.54, 1.807) is 31.3 Å². The third-order valence-electron chi connectivity index (χ3n) is 7.86. The number of aromatic nitrogens is 2. The number of ether oxygens (including phenoxy) is 1. The molecule has 1 aliphatic carbocycles. The molecule has 46 heavy (non-hydrogen) atoms. The average molecular weight is 650 g/mol. The van der Waals surface area contributed by atoms with Crippen molar-refractivity contribution in [2.75, 3.05) is 13.2 Å².